The fraction of sp³-hybridized carbons (Fsp3) is 0.944. The van der Waals surface area contributed by atoms with Crippen LogP contribution in [0.1, 0.15) is 26.2 Å². The molecule has 0 saturated carbocycles. The third kappa shape index (κ3) is 7.00. The van der Waals surface area contributed by atoms with E-state index < -0.39 is 0 Å². The summed E-state index contributed by atoms with van der Waals surface area (Å²) in [6, 6.07) is 0.461. The lowest BCUT2D eigenvalue weighted by molar-refractivity contribution is 0.00368. The van der Waals surface area contributed by atoms with E-state index in [-0.39, 0.29) is 24.0 Å². The van der Waals surface area contributed by atoms with Crippen molar-refractivity contribution in [1.82, 2.24) is 15.5 Å². The third-order valence-corrected chi connectivity index (χ3v) is 6.72. The molecule has 3 heterocycles. The van der Waals surface area contributed by atoms with Crippen molar-refractivity contribution in [3.8, 4) is 0 Å². The molecule has 3 saturated heterocycles. The Labute approximate surface area is 179 Å². The minimum Gasteiger partial charge on any atom is -0.381 e. The van der Waals surface area contributed by atoms with E-state index in [2.05, 4.69) is 34.2 Å². The maximum Gasteiger partial charge on any atom is 0.191 e. The predicted octanol–water partition coefficient (Wildman–Crippen LogP) is 1.79. The first kappa shape index (κ1) is 22.5. The number of hydrogen-bond donors (Lipinski definition) is 2. The lowest BCUT2D eigenvalue weighted by Crippen LogP contribution is -2.49. The van der Waals surface area contributed by atoms with Crippen molar-refractivity contribution in [2.24, 2.45) is 10.9 Å². The number of nitrogens with zero attached hydrogens (tertiary/aromatic N) is 2. The lowest BCUT2D eigenvalue weighted by atomic mass is 9.97. The molecule has 0 aromatic carbocycles. The van der Waals surface area contributed by atoms with Gasteiger partial charge in [-0.3, -0.25) is 9.89 Å². The quantitative estimate of drug-likeness (QED) is 0.317. The molecule has 0 amide bonds. The lowest BCUT2D eigenvalue weighted by Gasteiger charge is -2.36. The molecule has 0 aromatic rings. The molecular formula is C18H35IN4O2S. The van der Waals surface area contributed by atoms with E-state index >= 15 is 0 Å². The first-order valence-electron chi connectivity index (χ1n) is 9.90. The van der Waals surface area contributed by atoms with E-state index in [9.17, 15) is 0 Å². The van der Waals surface area contributed by atoms with E-state index in [1.807, 2.05) is 0 Å². The number of nitrogens with one attached hydrogen (secondary N) is 2. The highest BCUT2D eigenvalue weighted by atomic mass is 127. The summed E-state index contributed by atoms with van der Waals surface area (Å²) in [5.41, 5.74) is 0. The van der Waals surface area contributed by atoms with Crippen LogP contribution in [-0.2, 0) is 9.47 Å². The van der Waals surface area contributed by atoms with Crippen LogP contribution >= 0.6 is 35.7 Å². The van der Waals surface area contributed by atoms with Crippen LogP contribution in [0.3, 0.4) is 0 Å². The normalized spacial score (nSPS) is 28.6. The van der Waals surface area contributed by atoms with Crippen LogP contribution in [0.15, 0.2) is 4.99 Å². The molecule has 3 unspecified atom stereocenters. The fourth-order valence-corrected chi connectivity index (χ4v) is 5.07. The zero-order valence-corrected chi connectivity index (χ0v) is 19.1. The van der Waals surface area contributed by atoms with Crippen molar-refractivity contribution < 1.29 is 9.47 Å². The molecule has 3 fully saturated rings. The molecule has 6 nitrogen and oxygen atoms in total. The van der Waals surface area contributed by atoms with E-state index in [0.717, 1.165) is 76.8 Å². The number of ether oxygens (including phenoxy) is 2. The Bertz CT molecular complexity index is 412. The highest BCUT2D eigenvalue weighted by molar-refractivity contribution is 14.0. The number of hydrogen-bond acceptors (Lipinski definition) is 5. The summed E-state index contributed by atoms with van der Waals surface area (Å²) in [5.74, 6) is 2.86. The molecule has 152 valence electrons. The van der Waals surface area contributed by atoms with Crippen molar-refractivity contribution >= 4 is 41.7 Å². The molecule has 8 heteroatoms. The van der Waals surface area contributed by atoms with Gasteiger partial charge in [0.15, 0.2) is 5.96 Å². The first-order valence-corrected chi connectivity index (χ1v) is 10.9. The number of guanidine groups is 1. The average Bonchev–Trinajstić information content (AvgIpc) is 3.35. The summed E-state index contributed by atoms with van der Waals surface area (Å²) in [5, 5.41) is 7.70. The molecule has 0 aliphatic carbocycles. The van der Waals surface area contributed by atoms with Gasteiger partial charge in [-0.2, -0.15) is 11.8 Å². The van der Waals surface area contributed by atoms with Crippen LogP contribution in [0, 0.1) is 5.92 Å². The van der Waals surface area contributed by atoms with Gasteiger partial charge in [0.25, 0.3) is 0 Å². The summed E-state index contributed by atoms with van der Waals surface area (Å²) in [7, 11) is 0. The highest BCUT2D eigenvalue weighted by Gasteiger charge is 2.31. The maximum absolute atomic E-state index is 5.66. The van der Waals surface area contributed by atoms with Gasteiger partial charge in [-0.05, 0) is 31.9 Å². The minimum absolute atomic E-state index is 0. The standard InChI is InChI=1S/C18H34N4O2S.HI/c1-2-19-18(20-12-16-4-3-11-25-16)21-13-17(15-5-8-24-14-15)22-6-9-23-10-7-22;/h15-17H,2-14H2,1H3,(H2,19,20,21);1H. The van der Waals surface area contributed by atoms with Gasteiger partial charge in [-0.15, -0.1) is 24.0 Å². The molecule has 0 bridgehead atoms. The molecule has 0 spiro atoms. The van der Waals surface area contributed by atoms with Gasteiger partial charge in [0, 0.05) is 50.0 Å². The summed E-state index contributed by atoms with van der Waals surface area (Å²) in [6.07, 6.45) is 3.83. The topological polar surface area (TPSA) is 58.1 Å². The smallest absolute Gasteiger partial charge is 0.191 e. The second kappa shape index (κ2) is 12.6. The monoisotopic (exact) mass is 498 g/mol. The summed E-state index contributed by atoms with van der Waals surface area (Å²) < 4.78 is 11.2. The Kier molecular flexibility index (Phi) is 10.9. The molecule has 0 radical (unpaired) electrons. The van der Waals surface area contributed by atoms with Gasteiger partial charge in [0.2, 0.25) is 0 Å². The van der Waals surface area contributed by atoms with Gasteiger partial charge in [-0.1, -0.05) is 0 Å². The zero-order chi connectivity index (χ0) is 17.3. The van der Waals surface area contributed by atoms with Crippen LogP contribution in [-0.4, -0.2) is 87.1 Å². The molecular weight excluding hydrogens is 463 g/mol. The summed E-state index contributed by atoms with van der Waals surface area (Å²) >= 11 is 2.09. The minimum atomic E-state index is 0. The Morgan fingerprint density at radius 2 is 2.04 bits per heavy atom. The summed E-state index contributed by atoms with van der Waals surface area (Å²) in [6.45, 7) is 10.4. The molecule has 2 N–H and O–H groups in total. The Morgan fingerprint density at radius 1 is 1.19 bits per heavy atom. The van der Waals surface area contributed by atoms with E-state index in [1.165, 1.54) is 18.6 Å². The Morgan fingerprint density at radius 3 is 2.69 bits per heavy atom. The van der Waals surface area contributed by atoms with Gasteiger partial charge in [-0.25, -0.2) is 0 Å². The molecule has 3 atom stereocenters. The van der Waals surface area contributed by atoms with Gasteiger partial charge in [0.1, 0.15) is 0 Å². The van der Waals surface area contributed by atoms with Gasteiger partial charge in [0.05, 0.1) is 26.4 Å². The third-order valence-electron chi connectivity index (χ3n) is 5.33. The first-order chi connectivity index (χ1) is 12.4. The van der Waals surface area contributed by atoms with Crippen molar-refractivity contribution in [1.29, 1.82) is 0 Å². The van der Waals surface area contributed by atoms with Crippen molar-refractivity contribution in [3.05, 3.63) is 0 Å². The summed E-state index contributed by atoms with van der Waals surface area (Å²) in [4.78, 5) is 7.50. The number of halogens is 1. The zero-order valence-electron chi connectivity index (χ0n) is 16.0. The fourth-order valence-electron chi connectivity index (χ4n) is 3.87. The molecule has 3 aliphatic rings. The Balaban J connectivity index is 0.00000243. The van der Waals surface area contributed by atoms with Crippen LogP contribution in [0.4, 0.5) is 0 Å². The maximum atomic E-state index is 5.66. The van der Waals surface area contributed by atoms with Crippen LogP contribution in [0.5, 0.6) is 0 Å². The van der Waals surface area contributed by atoms with Gasteiger partial charge < -0.3 is 20.1 Å². The van der Waals surface area contributed by atoms with Gasteiger partial charge >= 0.3 is 0 Å². The molecule has 3 aliphatic heterocycles. The Hall–Kier alpha value is 0.230. The number of thioether (sulfide) groups is 1. The second-order valence-electron chi connectivity index (χ2n) is 7.07. The number of aliphatic imine (C=N–C) groups is 1. The highest BCUT2D eigenvalue weighted by Crippen LogP contribution is 2.25. The second-order valence-corrected chi connectivity index (χ2v) is 8.48. The van der Waals surface area contributed by atoms with E-state index in [0.29, 0.717) is 12.0 Å². The molecule has 26 heavy (non-hydrogen) atoms. The van der Waals surface area contributed by atoms with Crippen LogP contribution < -0.4 is 10.6 Å². The molecule has 0 aromatic heterocycles. The number of rotatable bonds is 7. The van der Waals surface area contributed by atoms with Crippen LogP contribution in [0.2, 0.25) is 0 Å². The number of morpholine rings is 1. The molecule has 3 rings (SSSR count). The average molecular weight is 498 g/mol. The van der Waals surface area contributed by atoms with Crippen LogP contribution in [0.25, 0.3) is 0 Å². The van der Waals surface area contributed by atoms with Crippen molar-refractivity contribution in [2.45, 2.75) is 37.5 Å². The van der Waals surface area contributed by atoms with Crippen molar-refractivity contribution in [2.75, 3.05) is 64.9 Å². The van der Waals surface area contributed by atoms with E-state index in [4.69, 9.17) is 14.5 Å². The van der Waals surface area contributed by atoms with Crippen molar-refractivity contribution in [3.63, 3.8) is 0 Å². The van der Waals surface area contributed by atoms with E-state index in [1.54, 1.807) is 0 Å². The largest absolute Gasteiger partial charge is 0.381 e. The predicted molar refractivity (Wildman–Crippen MR) is 120 cm³/mol. The SMILES string of the molecule is CCNC(=NCC(C1CCOC1)N1CCOCC1)NCC1CCCS1.I.